The Morgan fingerprint density at radius 1 is 1.36 bits per heavy atom. The fraction of sp³-hybridized carbons (Fsp3) is 0.333. The van der Waals surface area contributed by atoms with Crippen molar-refractivity contribution in [2.75, 3.05) is 12.8 Å². The minimum atomic E-state index is -4.39. The number of halogens is 3. The first-order valence-electron chi connectivity index (χ1n) is 3.89. The Labute approximate surface area is 79.5 Å². The zero-order chi connectivity index (χ0) is 10.8. The summed E-state index contributed by atoms with van der Waals surface area (Å²) in [6, 6.07) is 3.65. The topological polar surface area (TPSA) is 35.2 Å². The highest BCUT2D eigenvalue weighted by Crippen LogP contribution is 2.33. The molecule has 0 aliphatic carbocycles. The normalized spacial score (nSPS) is 11.7. The fourth-order valence-electron chi connectivity index (χ4n) is 1.14. The lowest BCUT2D eigenvalue weighted by Gasteiger charge is -2.12. The molecule has 0 atom stereocenters. The van der Waals surface area contributed by atoms with Gasteiger partial charge in [0.15, 0.2) is 0 Å². The number of alkyl halides is 3. The summed E-state index contributed by atoms with van der Waals surface area (Å²) in [6.07, 6.45) is -4.39. The van der Waals surface area contributed by atoms with Crippen LogP contribution in [0.5, 0.6) is 0 Å². The molecule has 0 saturated carbocycles. The molecule has 2 nitrogen and oxygen atoms in total. The van der Waals surface area contributed by atoms with Crippen LogP contribution in [0.1, 0.15) is 11.1 Å². The van der Waals surface area contributed by atoms with Gasteiger partial charge >= 0.3 is 6.18 Å². The average molecular weight is 205 g/mol. The first-order chi connectivity index (χ1) is 6.45. The number of anilines is 1. The molecule has 0 heterocycles. The molecule has 1 aromatic rings. The number of rotatable bonds is 2. The summed E-state index contributed by atoms with van der Waals surface area (Å²) in [6.45, 7) is -0.0743. The van der Waals surface area contributed by atoms with Crippen LogP contribution >= 0.6 is 0 Å². The van der Waals surface area contributed by atoms with Crippen LogP contribution in [0, 0.1) is 0 Å². The molecule has 0 fully saturated rings. The van der Waals surface area contributed by atoms with E-state index in [2.05, 4.69) is 4.74 Å². The van der Waals surface area contributed by atoms with Crippen LogP contribution in [0.25, 0.3) is 0 Å². The van der Waals surface area contributed by atoms with E-state index in [0.717, 1.165) is 6.07 Å². The summed E-state index contributed by atoms with van der Waals surface area (Å²) in [5.74, 6) is 0. The molecular formula is C9H10F3NO. The van der Waals surface area contributed by atoms with Gasteiger partial charge in [-0.3, -0.25) is 0 Å². The predicted molar refractivity (Wildman–Crippen MR) is 46.6 cm³/mol. The SMILES string of the molecule is COCc1ccc(N)cc1C(F)(F)F. The summed E-state index contributed by atoms with van der Waals surface area (Å²) in [4.78, 5) is 0. The van der Waals surface area contributed by atoms with E-state index >= 15 is 0 Å². The van der Waals surface area contributed by atoms with E-state index in [1.165, 1.54) is 19.2 Å². The Kier molecular flexibility index (Phi) is 3.00. The van der Waals surface area contributed by atoms with E-state index in [-0.39, 0.29) is 17.9 Å². The maximum absolute atomic E-state index is 12.4. The van der Waals surface area contributed by atoms with Gasteiger partial charge in [0.05, 0.1) is 12.2 Å². The third kappa shape index (κ3) is 2.38. The van der Waals surface area contributed by atoms with Crippen LogP contribution in [-0.4, -0.2) is 7.11 Å². The number of hydrogen-bond acceptors (Lipinski definition) is 2. The van der Waals surface area contributed by atoms with Crippen molar-refractivity contribution in [3.05, 3.63) is 29.3 Å². The highest BCUT2D eigenvalue weighted by atomic mass is 19.4. The first kappa shape index (κ1) is 10.8. The van der Waals surface area contributed by atoms with E-state index in [4.69, 9.17) is 5.73 Å². The second-order valence-electron chi connectivity index (χ2n) is 2.85. The van der Waals surface area contributed by atoms with E-state index in [1.807, 2.05) is 0 Å². The monoisotopic (exact) mass is 205 g/mol. The summed E-state index contributed by atoms with van der Waals surface area (Å²) in [5, 5.41) is 0. The summed E-state index contributed by atoms with van der Waals surface area (Å²) in [5.41, 5.74) is 4.73. The molecule has 0 saturated heterocycles. The van der Waals surface area contributed by atoms with Crippen molar-refractivity contribution < 1.29 is 17.9 Å². The van der Waals surface area contributed by atoms with Gasteiger partial charge < -0.3 is 10.5 Å². The minimum Gasteiger partial charge on any atom is -0.399 e. The van der Waals surface area contributed by atoms with Crippen LogP contribution in [0.2, 0.25) is 0 Å². The number of nitrogen functional groups attached to an aromatic ring is 1. The zero-order valence-corrected chi connectivity index (χ0v) is 7.56. The molecule has 1 rings (SSSR count). The molecule has 0 spiro atoms. The van der Waals surface area contributed by atoms with E-state index in [1.54, 1.807) is 0 Å². The molecule has 0 aliphatic heterocycles. The molecule has 78 valence electrons. The molecule has 14 heavy (non-hydrogen) atoms. The zero-order valence-electron chi connectivity index (χ0n) is 7.56. The molecule has 0 amide bonds. The lowest BCUT2D eigenvalue weighted by Crippen LogP contribution is -2.10. The highest BCUT2D eigenvalue weighted by molar-refractivity contribution is 5.45. The van der Waals surface area contributed by atoms with Crippen molar-refractivity contribution >= 4 is 5.69 Å². The Morgan fingerprint density at radius 2 is 2.00 bits per heavy atom. The maximum Gasteiger partial charge on any atom is 0.416 e. The Balaban J connectivity index is 3.16. The largest absolute Gasteiger partial charge is 0.416 e. The van der Waals surface area contributed by atoms with Gasteiger partial charge in [-0.15, -0.1) is 0 Å². The van der Waals surface area contributed by atoms with Crippen LogP contribution in [0.3, 0.4) is 0 Å². The first-order valence-corrected chi connectivity index (χ1v) is 3.89. The standard InChI is InChI=1S/C9H10F3NO/c1-14-5-6-2-3-7(13)4-8(6)9(10,11)12/h2-4H,5,13H2,1H3. The van der Waals surface area contributed by atoms with Crippen LogP contribution < -0.4 is 5.73 Å². The molecule has 1 aromatic carbocycles. The van der Waals surface area contributed by atoms with E-state index in [0.29, 0.717) is 0 Å². The molecular weight excluding hydrogens is 195 g/mol. The number of hydrogen-bond donors (Lipinski definition) is 1. The predicted octanol–water partition coefficient (Wildman–Crippen LogP) is 2.43. The fourth-order valence-corrected chi connectivity index (χ4v) is 1.14. The molecule has 0 radical (unpaired) electrons. The number of nitrogens with two attached hydrogens (primary N) is 1. The molecule has 0 aromatic heterocycles. The van der Waals surface area contributed by atoms with Gasteiger partial charge in [0.2, 0.25) is 0 Å². The van der Waals surface area contributed by atoms with Gasteiger partial charge in [-0.25, -0.2) is 0 Å². The maximum atomic E-state index is 12.4. The number of ether oxygens (including phenoxy) is 1. The molecule has 0 bridgehead atoms. The Morgan fingerprint density at radius 3 is 2.50 bits per heavy atom. The van der Waals surface area contributed by atoms with E-state index < -0.39 is 11.7 Å². The molecule has 0 unspecified atom stereocenters. The van der Waals surface area contributed by atoms with Gasteiger partial charge in [0, 0.05) is 12.8 Å². The van der Waals surface area contributed by atoms with Crippen molar-refractivity contribution in [3.8, 4) is 0 Å². The van der Waals surface area contributed by atoms with E-state index in [9.17, 15) is 13.2 Å². The van der Waals surface area contributed by atoms with Crippen LogP contribution in [0.15, 0.2) is 18.2 Å². The third-order valence-electron chi connectivity index (χ3n) is 1.74. The van der Waals surface area contributed by atoms with Crippen molar-refractivity contribution in [2.45, 2.75) is 12.8 Å². The van der Waals surface area contributed by atoms with Crippen molar-refractivity contribution in [1.29, 1.82) is 0 Å². The molecule has 2 N–H and O–H groups in total. The third-order valence-corrected chi connectivity index (χ3v) is 1.74. The lowest BCUT2D eigenvalue weighted by atomic mass is 10.1. The van der Waals surface area contributed by atoms with Crippen molar-refractivity contribution in [1.82, 2.24) is 0 Å². The quantitative estimate of drug-likeness (QED) is 0.752. The lowest BCUT2D eigenvalue weighted by molar-refractivity contribution is -0.138. The van der Waals surface area contributed by atoms with Crippen molar-refractivity contribution in [2.24, 2.45) is 0 Å². The van der Waals surface area contributed by atoms with Crippen LogP contribution in [0.4, 0.5) is 18.9 Å². The van der Waals surface area contributed by atoms with Gasteiger partial charge in [0.1, 0.15) is 0 Å². The average Bonchev–Trinajstić information content (AvgIpc) is 2.07. The second kappa shape index (κ2) is 3.88. The summed E-state index contributed by atoms with van der Waals surface area (Å²) < 4.78 is 42.0. The molecule has 5 heteroatoms. The Hall–Kier alpha value is -1.23. The summed E-state index contributed by atoms with van der Waals surface area (Å²) >= 11 is 0. The molecule has 0 aliphatic rings. The number of methoxy groups -OCH3 is 1. The second-order valence-corrected chi connectivity index (χ2v) is 2.85. The minimum absolute atomic E-state index is 0.0743. The van der Waals surface area contributed by atoms with Gasteiger partial charge in [-0.05, 0) is 17.7 Å². The van der Waals surface area contributed by atoms with Crippen LogP contribution in [-0.2, 0) is 17.5 Å². The van der Waals surface area contributed by atoms with Crippen molar-refractivity contribution in [3.63, 3.8) is 0 Å². The number of benzene rings is 1. The van der Waals surface area contributed by atoms with Gasteiger partial charge in [-0.2, -0.15) is 13.2 Å². The van der Waals surface area contributed by atoms with Gasteiger partial charge in [-0.1, -0.05) is 6.07 Å². The highest BCUT2D eigenvalue weighted by Gasteiger charge is 2.33. The summed E-state index contributed by atoms with van der Waals surface area (Å²) in [7, 11) is 1.34. The Bertz CT molecular complexity index is 322. The smallest absolute Gasteiger partial charge is 0.399 e. The van der Waals surface area contributed by atoms with Gasteiger partial charge in [0.25, 0.3) is 0 Å².